The number of unbranched alkanes of at least 4 members (excludes halogenated alkanes) is 17. The Hall–Kier alpha value is -2.45. The van der Waals surface area contributed by atoms with Gasteiger partial charge in [-0.3, -0.25) is 18.6 Å². The Morgan fingerprint density at radius 3 is 1.30 bits per heavy atom. The van der Waals surface area contributed by atoms with Crippen LogP contribution in [0.25, 0.3) is 0 Å². The lowest BCUT2D eigenvalue weighted by molar-refractivity contribution is -0.220. The fourth-order valence-electron chi connectivity index (χ4n) is 6.93. The molecule has 0 aromatic rings. The van der Waals surface area contributed by atoms with Gasteiger partial charge in [-0.05, 0) is 70.6 Å². The number of esters is 2. The zero-order valence-corrected chi connectivity index (χ0v) is 39.5. The van der Waals surface area contributed by atoms with Crippen molar-refractivity contribution < 1.29 is 63.1 Å². The molecule has 6 unspecified atom stereocenters. The highest BCUT2D eigenvalue weighted by molar-refractivity contribution is 7.47. The van der Waals surface area contributed by atoms with E-state index in [9.17, 15) is 44.6 Å². The van der Waals surface area contributed by atoms with Crippen LogP contribution in [0.1, 0.15) is 181 Å². The summed E-state index contributed by atoms with van der Waals surface area (Å²) >= 11 is 0. The van der Waals surface area contributed by atoms with Crippen LogP contribution in [0, 0.1) is 0 Å². The summed E-state index contributed by atoms with van der Waals surface area (Å²) in [6, 6.07) is 0. The van der Waals surface area contributed by atoms with Gasteiger partial charge in [-0.25, -0.2) is 4.57 Å². The number of carbonyl (C=O) groups excluding carboxylic acids is 2. The number of aliphatic hydroxyl groups excluding tert-OH is 5. The fourth-order valence-corrected chi connectivity index (χ4v) is 7.90. The molecule has 0 amide bonds. The first-order valence-electron chi connectivity index (χ1n) is 24.1. The van der Waals surface area contributed by atoms with Crippen molar-refractivity contribution in [3.05, 3.63) is 60.8 Å². The molecular weight excluding hydrogens is 827 g/mol. The van der Waals surface area contributed by atoms with Crippen LogP contribution in [0.4, 0.5) is 0 Å². The molecule has 14 heteroatoms. The molecule has 0 aliphatic heterocycles. The second-order valence-corrected chi connectivity index (χ2v) is 18.0. The summed E-state index contributed by atoms with van der Waals surface area (Å²) in [6.45, 7) is 3.21. The summed E-state index contributed by atoms with van der Waals surface area (Å²) in [4.78, 5) is 35.7. The zero-order valence-electron chi connectivity index (χ0n) is 38.6. The molecule has 1 fully saturated rings. The Morgan fingerprint density at radius 2 is 0.857 bits per heavy atom. The largest absolute Gasteiger partial charge is 0.472 e. The van der Waals surface area contributed by atoms with Crippen molar-refractivity contribution in [3.63, 3.8) is 0 Å². The number of hydrogen-bond acceptors (Lipinski definition) is 12. The number of phosphoric acid groups is 1. The quantitative estimate of drug-likeness (QED) is 0.0147. The topological polar surface area (TPSA) is 210 Å². The lowest BCUT2D eigenvalue weighted by Crippen LogP contribution is -2.64. The second kappa shape index (κ2) is 38.8. The molecule has 6 N–H and O–H groups in total. The highest BCUT2D eigenvalue weighted by atomic mass is 31.2. The van der Waals surface area contributed by atoms with Crippen LogP contribution in [0.5, 0.6) is 0 Å². The van der Waals surface area contributed by atoms with Gasteiger partial charge in [0.25, 0.3) is 0 Å². The molecule has 0 saturated heterocycles. The van der Waals surface area contributed by atoms with Crippen molar-refractivity contribution in [1.29, 1.82) is 0 Å². The van der Waals surface area contributed by atoms with Crippen LogP contribution in [0.2, 0.25) is 0 Å². The number of rotatable bonds is 39. The molecule has 0 bridgehead atoms. The molecule has 1 saturated carbocycles. The van der Waals surface area contributed by atoms with E-state index in [0.717, 1.165) is 32.1 Å². The smallest absolute Gasteiger partial charge is 0.462 e. The average molecular weight is 913 g/mol. The summed E-state index contributed by atoms with van der Waals surface area (Å²) in [6.07, 6.45) is 34.3. The monoisotopic (exact) mass is 913 g/mol. The highest BCUT2D eigenvalue weighted by Crippen LogP contribution is 2.47. The third-order valence-electron chi connectivity index (χ3n) is 10.8. The minimum absolute atomic E-state index is 0.0204. The second-order valence-electron chi connectivity index (χ2n) is 16.6. The fraction of sp³-hybridized carbons (Fsp3) is 0.755. The Bertz CT molecular complexity index is 1330. The molecule has 8 atom stereocenters. The van der Waals surface area contributed by atoms with Gasteiger partial charge in [-0.1, -0.05) is 158 Å². The minimum atomic E-state index is -5.14. The van der Waals surface area contributed by atoms with Gasteiger partial charge in [0.05, 0.1) is 6.61 Å². The summed E-state index contributed by atoms with van der Waals surface area (Å²) in [5.74, 6) is -1.22. The summed E-state index contributed by atoms with van der Waals surface area (Å²) in [5, 5.41) is 50.2. The third kappa shape index (κ3) is 31.2. The summed E-state index contributed by atoms with van der Waals surface area (Å²) < 4.78 is 33.4. The number of aliphatic hydroxyl groups is 5. The molecule has 1 aliphatic carbocycles. The molecule has 13 nitrogen and oxygen atoms in total. The van der Waals surface area contributed by atoms with Crippen LogP contribution in [-0.4, -0.2) is 98.3 Å². The maximum Gasteiger partial charge on any atom is 0.472 e. The number of phosphoric ester groups is 1. The minimum Gasteiger partial charge on any atom is -0.462 e. The van der Waals surface area contributed by atoms with Crippen molar-refractivity contribution in [2.45, 2.75) is 224 Å². The van der Waals surface area contributed by atoms with E-state index >= 15 is 0 Å². The standard InChI is InChI=1S/C49H85O13P/c1-3-5-7-9-11-13-15-17-19-21-23-25-27-29-31-33-35-37-42(50)59-39-41(40-60-63(57,58)62-49-47(55)45(53)44(52)46(54)48(49)56)61-43(51)38-36-34-32-30-28-26-24-22-20-18-16-14-12-10-8-6-4-2/h17,19,23-26,29-32,41,44-49,52-56H,3-16,18,20-22,27-28,33-40H2,1-2H3,(H,57,58)/b19-17+,25-23+,26-24+,31-29+,32-30+/t41-,44?,45-,46?,47?,48?,49?/m0/s1. The molecule has 63 heavy (non-hydrogen) atoms. The average Bonchev–Trinajstić information content (AvgIpc) is 3.26. The molecule has 0 spiro atoms. The van der Waals surface area contributed by atoms with E-state index < -0.39 is 75.7 Å². The van der Waals surface area contributed by atoms with Crippen molar-refractivity contribution in [2.75, 3.05) is 13.2 Å². The van der Waals surface area contributed by atoms with Crippen LogP contribution in [0.15, 0.2) is 60.8 Å². The Labute approximate surface area is 379 Å². The number of hydrogen-bond donors (Lipinski definition) is 6. The van der Waals surface area contributed by atoms with E-state index in [1.807, 2.05) is 24.3 Å². The van der Waals surface area contributed by atoms with E-state index in [1.165, 1.54) is 96.3 Å². The number of ether oxygens (including phenoxy) is 2. The van der Waals surface area contributed by atoms with Gasteiger partial charge in [-0.2, -0.15) is 0 Å². The Balaban J connectivity index is 2.51. The van der Waals surface area contributed by atoms with Gasteiger partial charge in [0, 0.05) is 12.8 Å². The van der Waals surface area contributed by atoms with Crippen LogP contribution >= 0.6 is 7.82 Å². The summed E-state index contributed by atoms with van der Waals surface area (Å²) in [5.41, 5.74) is 0. The predicted octanol–water partition coefficient (Wildman–Crippen LogP) is 9.73. The van der Waals surface area contributed by atoms with Gasteiger partial charge >= 0.3 is 19.8 Å². The molecule has 1 aliphatic rings. The van der Waals surface area contributed by atoms with Gasteiger partial charge in [0.2, 0.25) is 0 Å². The highest BCUT2D eigenvalue weighted by Gasteiger charge is 2.51. The van der Waals surface area contributed by atoms with Crippen LogP contribution in [-0.2, 0) is 32.7 Å². The lowest BCUT2D eigenvalue weighted by atomic mass is 9.85. The summed E-state index contributed by atoms with van der Waals surface area (Å²) in [7, 11) is -5.14. The first-order valence-corrected chi connectivity index (χ1v) is 25.6. The first kappa shape index (κ1) is 58.6. The van der Waals surface area contributed by atoms with Crippen molar-refractivity contribution in [2.24, 2.45) is 0 Å². The van der Waals surface area contributed by atoms with Gasteiger partial charge in [-0.15, -0.1) is 0 Å². The van der Waals surface area contributed by atoms with Gasteiger partial charge in [0.1, 0.15) is 43.2 Å². The SMILES string of the molecule is CCCCCCCC/C=C/C/C=C/C/C=C/CCCC(=O)OC[C@@H](COP(=O)(O)OC1C(O)C(O)C(O)[C@H](O)C1O)OC(=O)CCC/C=C/C/C=C/CCCCCCCCCCC. The van der Waals surface area contributed by atoms with E-state index in [1.54, 1.807) is 0 Å². The number of allylic oxidation sites excluding steroid dienone is 10. The van der Waals surface area contributed by atoms with Crippen LogP contribution in [0.3, 0.4) is 0 Å². The van der Waals surface area contributed by atoms with E-state index in [-0.39, 0.29) is 12.8 Å². The Kier molecular flexibility index (Phi) is 36.1. The van der Waals surface area contributed by atoms with Gasteiger partial charge < -0.3 is 39.9 Å². The number of carbonyl (C=O) groups is 2. The maximum atomic E-state index is 12.8. The van der Waals surface area contributed by atoms with Gasteiger partial charge in [0.15, 0.2) is 6.10 Å². The van der Waals surface area contributed by atoms with Crippen molar-refractivity contribution in [3.8, 4) is 0 Å². The molecule has 364 valence electrons. The molecule has 0 aromatic carbocycles. The molecule has 0 heterocycles. The zero-order chi connectivity index (χ0) is 46.4. The van der Waals surface area contributed by atoms with Crippen molar-refractivity contribution >= 4 is 19.8 Å². The molecule has 0 aromatic heterocycles. The molecule has 0 radical (unpaired) electrons. The third-order valence-corrected chi connectivity index (χ3v) is 11.8. The first-order chi connectivity index (χ1) is 30.4. The van der Waals surface area contributed by atoms with E-state index in [2.05, 4.69) is 50.3 Å². The molecule has 1 rings (SSSR count). The van der Waals surface area contributed by atoms with E-state index in [4.69, 9.17) is 18.5 Å². The normalized spacial score (nSPS) is 22.2. The van der Waals surface area contributed by atoms with E-state index in [0.29, 0.717) is 25.7 Å². The Morgan fingerprint density at radius 1 is 0.492 bits per heavy atom. The maximum absolute atomic E-state index is 12.8. The predicted molar refractivity (Wildman–Crippen MR) is 249 cm³/mol. The lowest BCUT2D eigenvalue weighted by Gasteiger charge is -2.41. The van der Waals surface area contributed by atoms with Crippen molar-refractivity contribution in [1.82, 2.24) is 0 Å². The van der Waals surface area contributed by atoms with Crippen LogP contribution < -0.4 is 0 Å². The molecular formula is C49H85O13P.